The largest absolute Gasteiger partial charge is 0.345 e. The standard InChI is InChI=1S/C15H22N2OS.ClH/c16-10-15(7-3-4-8-15)17-14(18)13-9-11-5-1-2-6-12(11)19-13;/h9H,1-8,10,16H2,(H,17,18);1H. The van der Waals surface area contributed by atoms with Gasteiger partial charge in [0.05, 0.1) is 10.4 Å². The maximum Gasteiger partial charge on any atom is 0.261 e. The van der Waals surface area contributed by atoms with Gasteiger partial charge in [0.2, 0.25) is 0 Å². The van der Waals surface area contributed by atoms with Gasteiger partial charge >= 0.3 is 0 Å². The van der Waals surface area contributed by atoms with Crippen molar-refractivity contribution < 1.29 is 4.79 Å². The maximum absolute atomic E-state index is 12.4. The number of rotatable bonds is 3. The highest BCUT2D eigenvalue weighted by molar-refractivity contribution is 7.14. The molecule has 0 aromatic carbocycles. The lowest BCUT2D eigenvalue weighted by atomic mass is 9.97. The quantitative estimate of drug-likeness (QED) is 0.901. The third-order valence-corrected chi connectivity index (χ3v) is 5.79. The Morgan fingerprint density at radius 1 is 1.25 bits per heavy atom. The Hall–Kier alpha value is -0.580. The fourth-order valence-electron chi connectivity index (χ4n) is 3.34. The van der Waals surface area contributed by atoms with Gasteiger partial charge in [-0.15, -0.1) is 23.7 Å². The van der Waals surface area contributed by atoms with Crippen LogP contribution in [0.2, 0.25) is 0 Å². The van der Waals surface area contributed by atoms with Gasteiger partial charge in [0.15, 0.2) is 0 Å². The minimum Gasteiger partial charge on any atom is -0.345 e. The van der Waals surface area contributed by atoms with Crippen LogP contribution >= 0.6 is 23.7 Å². The molecule has 5 heteroatoms. The molecule has 112 valence electrons. The summed E-state index contributed by atoms with van der Waals surface area (Å²) in [7, 11) is 0. The van der Waals surface area contributed by atoms with Gasteiger partial charge in [-0.3, -0.25) is 4.79 Å². The lowest BCUT2D eigenvalue weighted by Crippen LogP contribution is -2.51. The molecule has 0 spiro atoms. The van der Waals surface area contributed by atoms with Crippen LogP contribution in [0, 0.1) is 0 Å². The first-order chi connectivity index (χ1) is 9.22. The van der Waals surface area contributed by atoms with Crippen LogP contribution in [0.25, 0.3) is 0 Å². The summed E-state index contributed by atoms with van der Waals surface area (Å²) in [5.41, 5.74) is 7.14. The molecular weight excluding hydrogens is 292 g/mol. The summed E-state index contributed by atoms with van der Waals surface area (Å²) in [5.74, 6) is 0.0896. The van der Waals surface area contributed by atoms with Gasteiger partial charge in [-0.1, -0.05) is 12.8 Å². The Labute approximate surface area is 130 Å². The molecule has 0 radical (unpaired) electrons. The minimum absolute atomic E-state index is 0. The molecule has 0 bridgehead atoms. The number of amides is 1. The molecule has 3 rings (SSSR count). The molecule has 1 saturated carbocycles. The number of aryl methyl sites for hydroxylation is 2. The van der Waals surface area contributed by atoms with E-state index in [1.54, 1.807) is 11.3 Å². The SMILES string of the molecule is Cl.NCC1(NC(=O)c2cc3c(s2)CCCC3)CCCC1. The molecule has 1 fully saturated rings. The van der Waals surface area contributed by atoms with Crippen LogP contribution in [0.15, 0.2) is 6.07 Å². The van der Waals surface area contributed by atoms with Crippen LogP contribution in [0.5, 0.6) is 0 Å². The molecule has 1 amide bonds. The second-order valence-corrected chi connectivity index (χ2v) is 7.05. The highest BCUT2D eigenvalue weighted by Gasteiger charge is 2.34. The number of fused-ring (bicyclic) bond motifs is 1. The van der Waals surface area contributed by atoms with E-state index in [0.29, 0.717) is 6.54 Å². The summed E-state index contributed by atoms with van der Waals surface area (Å²) < 4.78 is 0. The molecule has 20 heavy (non-hydrogen) atoms. The zero-order valence-electron chi connectivity index (χ0n) is 11.7. The number of carbonyl (C=O) groups excluding carboxylic acids is 1. The number of nitrogens with two attached hydrogens (primary N) is 1. The van der Waals surface area contributed by atoms with Crippen LogP contribution in [-0.4, -0.2) is 18.0 Å². The zero-order valence-corrected chi connectivity index (χ0v) is 13.4. The molecule has 3 N–H and O–H groups in total. The summed E-state index contributed by atoms with van der Waals surface area (Å²) in [6, 6.07) is 2.10. The van der Waals surface area contributed by atoms with Crippen molar-refractivity contribution in [2.75, 3.05) is 6.54 Å². The molecule has 2 aliphatic carbocycles. The van der Waals surface area contributed by atoms with Crippen molar-refractivity contribution in [2.45, 2.75) is 56.9 Å². The summed E-state index contributed by atoms with van der Waals surface area (Å²) >= 11 is 1.68. The van der Waals surface area contributed by atoms with Crippen LogP contribution in [-0.2, 0) is 12.8 Å². The van der Waals surface area contributed by atoms with Crippen LogP contribution in [0.3, 0.4) is 0 Å². The predicted octanol–water partition coefficient (Wildman–Crippen LogP) is 3.05. The number of hydrogen-bond donors (Lipinski definition) is 2. The highest BCUT2D eigenvalue weighted by atomic mass is 35.5. The molecular formula is C15H23ClN2OS. The molecule has 0 saturated heterocycles. The van der Waals surface area contributed by atoms with Gasteiger partial charge in [-0.25, -0.2) is 0 Å². The van der Waals surface area contributed by atoms with Crippen molar-refractivity contribution in [2.24, 2.45) is 5.73 Å². The van der Waals surface area contributed by atoms with Crippen LogP contribution in [0.1, 0.15) is 58.6 Å². The third kappa shape index (κ3) is 3.02. The van der Waals surface area contributed by atoms with Gasteiger partial charge in [0.25, 0.3) is 5.91 Å². The number of thiophene rings is 1. The first-order valence-corrected chi connectivity index (χ1v) is 8.18. The monoisotopic (exact) mass is 314 g/mol. The molecule has 0 unspecified atom stereocenters. The molecule has 1 heterocycles. The maximum atomic E-state index is 12.4. The van der Waals surface area contributed by atoms with E-state index in [0.717, 1.165) is 30.6 Å². The van der Waals surface area contributed by atoms with E-state index in [4.69, 9.17) is 5.73 Å². The van der Waals surface area contributed by atoms with E-state index < -0.39 is 0 Å². The number of nitrogens with one attached hydrogen (secondary N) is 1. The first kappa shape index (κ1) is 15.8. The fraction of sp³-hybridized carbons (Fsp3) is 0.667. The molecule has 1 aromatic heterocycles. The van der Waals surface area contributed by atoms with E-state index in [2.05, 4.69) is 11.4 Å². The van der Waals surface area contributed by atoms with E-state index >= 15 is 0 Å². The summed E-state index contributed by atoms with van der Waals surface area (Å²) in [6.07, 6.45) is 9.23. The number of hydrogen-bond acceptors (Lipinski definition) is 3. The molecule has 0 aliphatic heterocycles. The average Bonchev–Trinajstić information content (AvgIpc) is 3.05. The number of carbonyl (C=O) groups is 1. The molecule has 3 nitrogen and oxygen atoms in total. The summed E-state index contributed by atoms with van der Waals surface area (Å²) in [6.45, 7) is 0.559. The van der Waals surface area contributed by atoms with Crippen molar-refractivity contribution in [3.8, 4) is 0 Å². The Morgan fingerprint density at radius 2 is 1.95 bits per heavy atom. The fourth-order valence-corrected chi connectivity index (χ4v) is 4.49. The van der Waals surface area contributed by atoms with Gasteiger partial charge in [0, 0.05) is 11.4 Å². The normalized spacial score (nSPS) is 20.1. The van der Waals surface area contributed by atoms with Crippen molar-refractivity contribution in [1.29, 1.82) is 0 Å². The highest BCUT2D eigenvalue weighted by Crippen LogP contribution is 2.32. The third-order valence-electron chi connectivity index (χ3n) is 4.55. The van der Waals surface area contributed by atoms with Crippen LogP contribution in [0.4, 0.5) is 0 Å². The molecule has 1 aromatic rings. The average molecular weight is 315 g/mol. The zero-order chi connectivity index (χ0) is 13.3. The van der Waals surface area contributed by atoms with E-state index in [-0.39, 0.29) is 23.9 Å². The smallest absolute Gasteiger partial charge is 0.261 e. The van der Waals surface area contributed by atoms with Crippen molar-refractivity contribution in [3.63, 3.8) is 0 Å². The number of halogens is 1. The Balaban J connectivity index is 0.00000147. The molecule has 2 aliphatic rings. The van der Waals surface area contributed by atoms with E-state index in [1.165, 1.54) is 36.1 Å². The van der Waals surface area contributed by atoms with E-state index in [9.17, 15) is 4.79 Å². The topological polar surface area (TPSA) is 55.1 Å². The van der Waals surface area contributed by atoms with Gasteiger partial charge in [-0.2, -0.15) is 0 Å². The first-order valence-electron chi connectivity index (χ1n) is 7.37. The van der Waals surface area contributed by atoms with Crippen molar-refractivity contribution >= 4 is 29.7 Å². The summed E-state index contributed by atoms with van der Waals surface area (Å²) in [5, 5.41) is 3.21. The van der Waals surface area contributed by atoms with Crippen molar-refractivity contribution in [1.82, 2.24) is 5.32 Å². The lowest BCUT2D eigenvalue weighted by Gasteiger charge is -2.28. The molecule has 0 atom stereocenters. The van der Waals surface area contributed by atoms with Crippen LogP contribution < -0.4 is 11.1 Å². The summed E-state index contributed by atoms with van der Waals surface area (Å²) in [4.78, 5) is 14.7. The van der Waals surface area contributed by atoms with Gasteiger partial charge in [0.1, 0.15) is 0 Å². The van der Waals surface area contributed by atoms with E-state index in [1.807, 2.05) is 0 Å². The Kier molecular flexibility index (Phi) is 5.10. The van der Waals surface area contributed by atoms with Crippen molar-refractivity contribution in [3.05, 3.63) is 21.4 Å². The Morgan fingerprint density at radius 3 is 2.60 bits per heavy atom. The van der Waals surface area contributed by atoms with Gasteiger partial charge in [-0.05, 0) is 50.2 Å². The second-order valence-electron chi connectivity index (χ2n) is 5.91. The Bertz CT molecular complexity index is 457. The minimum atomic E-state index is -0.137. The predicted molar refractivity (Wildman–Crippen MR) is 85.9 cm³/mol. The van der Waals surface area contributed by atoms with Gasteiger partial charge < -0.3 is 11.1 Å². The lowest BCUT2D eigenvalue weighted by molar-refractivity contribution is 0.0907. The second kappa shape index (κ2) is 6.46.